The molecule has 0 saturated carbocycles. The number of nitrogens with two attached hydrogens (primary N) is 2. The zero-order valence-electron chi connectivity index (χ0n) is 31.9. The van der Waals surface area contributed by atoms with Gasteiger partial charge in [-0.2, -0.15) is 25.3 Å². The highest BCUT2D eigenvalue weighted by Gasteiger charge is 2.39. The van der Waals surface area contributed by atoms with E-state index in [0.29, 0.717) is 6.42 Å². The van der Waals surface area contributed by atoms with Crippen LogP contribution in [-0.4, -0.2) is 165 Å². The van der Waals surface area contributed by atoms with Crippen LogP contribution in [0.5, 0.6) is 0 Å². The van der Waals surface area contributed by atoms with Crippen molar-refractivity contribution in [2.45, 2.75) is 101 Å². The summed E-state index contributed by atoms with van der Waals surface area (Å²) >= 11 is 7.84. The summed E-state index contributed by atoms with van der Waals surface area (Å²) in [4.78, 5) is 127. The molecule has 9 amide bonds. The minimum Gasteiger partial charge on any atom is -0.480 e. The third-order valence-corrected chi connectivity index (χ3v) is 9.27. The Balaban J connectivity index is 2.99. The molecule has 1 heterocycles. The smallest absolute Gasteiger partial charge is 0.327 e. The Hall–Kier alpha value is -4.72. The number of aliphatic hydroxyl groups is 2. The number of thiol groups is 2. The lowest BCUT2D eigenvalue weighted by Gasteiger charge is -2.29. The van der Waals surface area contributed by atoms with E-state index in [1.807, 2.05) is 0 Å². The number of aliphatic hydroxyl groups excluding tert-OH is 2. The number of primary amides is 1. The van der Waals surface area contributed by atoms with Gasteiger partial charge in [-0.1, -0.05) is 13.8 Å². The van der Waals surface area contributed by atoms with Gasteiger partial charge in [0.1, 0.15) is 42.3 Å². The normalized spacial score (nSPS) is 17.9. The molecule has 14 N–H and O–H groups in total. The molecule has 1 aliphatic rings. The summed E-state index contributed by atoms with van der Waals surface area (Å²) in [6.07, 6.45) is -1.64. The van der Waals surface area contributed by atoms with E-state index >= 15 is 0 Å². The van der Waals surface area contributed by atoms with Crippen molar-refractivity contribution in [3.63, 3.8) is 0 Å². The van der Waals surface area contributed by atoms with Crippen LogP contribution in [0.2, 0.25) is 0 Å². The van der Waals surface area contributed by atoms with Crippen molar-refractivity contribution < 1.29 is 63.3 Å². The lowest BCUT2D eigenvalue weighted by atomic mass is 10.0. The molecule has 0 unspecified atom stereocenters. The number of aliphatic carboxylic acids is 1. The van der Waals surface area contributed by atoms with E-state index in [-0.39, 0.29) is 24.5 Å². The second-order valence-electron chi connectivity index (χ2n) is 13.5. The van der Waals surface area contributed by atoms with Gasteiger partial charge in [-0.3, -0.25) is 43.2 Å². The fourth-order valence-electron chi connectivity index (χ4n) is 5.30. The SMILES string of the molecule is CC(C)[C@H](NC(=O)[C@@H](NC(=O)[C@H](CO)NC(=O)[C@@H]1CCCN1C(=O)[C@@H](N)CS)[C@@H](C)O)C(=O)N[C@@H](CC(N)=O)C(=O)NCC(=O)N[C@@H](C)C(=O)N[C@@H](CS)C(=O)O. The van der Waals surface area contributed by atoms with Crippen LogP contribution in [0.1, 0.15) is 47.0 Å². The summed E-state index contributed by atoms with van der Waals surface area (Å²) in [6.45, 7) is 3.91. The number of likely N-dealkylation sites (tertiary alicyclic amines) is 1. The maximum atomic E-state index is 13.4. The predicted octanol–water partition coefficient (Wildman–Crippen LogP) is -6.80. The van der Waals surface area contributed by atoms with Gasteiger partial charge in [0.2, 0.25) is 53.2 Å². The summed E-state index contributed by atoms with van der Waals surface area (Å²) < 4.78 is 0. The highest BCUT2D eigenvalue weighted by atomic mass is 32.1. The molecule has 0 bridgehead atoms. The number of carbonyl (C=O) groups is 10. The second kappa shape index (κ2) is 24.1. The molecule has 0 aliphatic carbocycles. The van der Waals surface area contributed by atoms with Gasteiger partial charge in [-0.15, -0.1) is 0 Å². The Morgan fingerprint density at radius 1 is 0.754 bits per heavy atom. The average molecular weight is 851 g/mol. The van der Waals surface area contributed by atoms with Crippen molar-refractivity contribution in [2.24, 2.45) is 17.4 Å². The summed E-state index contributed by atoms with van der Waals surface area (Å²) in [7, 11) is 0. The number of nitrogens with zero attached hydrogens (tertiary/aromatic N) is 1. The Morgan fingerprint density at radius 3 is 1.84 bits per heavy atom. The molecule has 0 aromatic rings. The number of hydrogen-bond acceptors (Lipinski definition) is 15. The molecule has 0 radical (unpaired) electrons. The number of rotatable bonds is 23. The molecule has 0 aromatic heterocycles. The number of hydrogen-bond donors (Lipinski definition) is 14. The van der Waals surface area contributed by atoms with Crippen LogP contribution in [0.4, 0.5) is 0 Å². The van der Waals surface area contributed by atoms with E-state index in [2.05, 4.69) is 62.5 Å². The summed E-state index contributed by atoms with van der Waals surface area (Å²) in [5.74, 6) is -10.6. The van der Waals surface area contributed by atoms with Gasteiger partial charge >= 0.3 is 5.97 Å². The molecule has 1 aliphatic heterocycles. The van der Waals surface area contributed by atoms with Gasteiger partial charge in [-0.05, 0) is 32.6 Å². The number of nitrogens with one attached hydrogen (secondary N) is 7. The quantitative estimate of drug-likeness (QED) is 0.0425. The Morgan fingerprint density at radius 2 is 1.33 bits per heavy atom. The van der Waals surface area contributed by atoms with Crippen LogP contribution in [0.25, 0.3) is 0 Å². The van der Waals surface area contributed by atoms with Gasteiger partial charge in [0.25, 0.3) is 0 Å². The molecular weight excluding hydrogens is 797 g/mol. The van der Waals surface area contributed by atoms with Gasteiger partial charge in [0.05, 0.1) is 31.7 Å². The zero-order chi connectivity index (χ0) is 43.7. The van der Waals surface area contributed by atoms with Crippen LogP contribution in [0.3, 0.4) is 0 Å². The van der Waals surface area contributed by atoms with E-state index in [1.54, 1.807) is 0 Å². The first-order chi connectivity index (χ1) is 26.6. The first kappa shape index (κ1) is 50.3. The minimum absolute atomic E-state index is 0.0262. The first-order valence-electron chi connectivity index (χ1n) is 17.8. The van der Waals surface area contributed by atoms with Crippen molar-refractivity contribution in [2.75, 3.05) is 31.2 Å². The van der Waals surface area contributed by atoms with E-state index in [1.165, 1.54) is 25.7 Å². The minimum atomic E-state index is -1.75. The van der Waals surface area contributed by atoms with Gasteiger partial charge in [0, 0.05) is 18.1 Å². The van der Waals surface area contributed by atoms with Crippen LogP contribution in [0, 0.1) is 5.92 Å². The Bertz CT molecular complexity index is 1500. The van der Waals surface area contributed by atoms with E-state index in [0.717, 1.165) is 6.92 Å². The molecular formula is C32H54N10O13S2. The van der Waals surface area contributed by atoms with Crippen LogP contribution in [0.15, 0.2) is 0 Å². The van der Waals surface area contributed by atoms with Crippen molar-refractivity contribution in [1.29, 1.82) is 0 Å². The Kier molecular flexibility index (Phi) is 21.3. The predicted molar refractivity (Wildman–Crippen MR) is 206 cm³/mol. The lowest BCUT2D eigenvalue weighted by Crippen LogP contribution is -2.62. The number of carboxylic acids is 1. The molecule has 1 fully saturated rings. The third-order valence-electron chi connectivity index (χ3n) is 8.51. The van der Waals surface area contributed by atoms with Crippen molar-refractivity contribution in [1.82, 2.24) is 42.1 Å². The van der Waals surface area contributed by atoms with Crippen LogP contribution >= 0.6 is 25.3 Å². The fraction of sp³-hybridized carbons (Fsp3) is 0.688. The summed E-state index contributed by atoms with van der Waals surface area (Å²) in [5.41, 5.74) is 11.0. The number of carbonyl (C=O) groups excluding carboxylic acids is 9. The first-order valence-corrected chi connectivity index (χ1v) is 19.0. The second-order valence-corrected chi connectivity index (χ2v) is 14.2. The summed E-state index contributed by atoms with van der Waals surface area (Å²) in [6, 6.07) is -11.1. The average Bonchev–Trinajstić information content (AvgIpc) is 3.64. The molecule has 0 spiro atoms. The maximum absolute atomic E-state index is 13.4. The lowest BCUT2D eigenvalue weighted by molar-refractivity contribution is -0.141. The number of carboxylic acid groups (broad SMARTS) is 1. The highest BCUT2D eigenvalue weighted by molar-refractivity contribution is 7.80. The van der Waals surface area contributed by atoms with Crippen molar-refractivity contribution >= 4 is 84.4 Å². The largest absolute Gasteiger partial charge is 0.480 e. The molecule has 25 heteroatoms. The standard InChI is InChI=1S/C32H54N10O13S2/c1-13(2)23(29(51)37-17(8-21(34)45)26(48)35-9-22(46)36-14(3)25(47)39-19(12-57)32(54)55)40-30(52)24(15(4)44)41-27(49)18(10-43)38-28(50)20-6-5-7-42(20)31(53)16(33)11-56/h13-20,23-24,43-44,56-57H,5-12,33H2,1-4H3,(H2,34,45)(H,35,48)(H,36,46)(H,37,51)(H,38,50)(H,39,47)(H,40,52)(H,41,49)(H,54,55)/t14-,15+,16-,17-,18-,19-,20-,23-,24-/m0/s1. The maximum Gasteiger partial charge on any atom is 0.327 e. The fourth-order valence-corrected chi connectivity index (χ4v) is 5.70. The van der Waals surface area contributed by atoms with Gasteiger partial charge in [0.15, 0.2) is 0 Å². The van der Waals surface area contributed by atoms with Gasteiger partial charge in [-0.25, -0.2) is 4.79 Å². The monoisotopic (exact) mass is 850 g/mol. The molecule has 1 rings (SSSR count). The van der Waals surface area contributed by atoms with E-state index in [9.17, 15) is 58.2 Å². The highest BCUT2D eigenvalue weighted by Crippen LogP contribution is 2.19. The molecule has 9 atom stereocenters. The van der Waals surface area contributed by atoms with E-state index < -0.39 is 139 Å². The number of amides is 9. The van der Waals surface area contributed by atoms with Crippen LogP contribution in [-0.2, 0) is 47.9 Å². The molecule has 23 nitrogen and oxygen atoms in total. The topological polar surface area (TPSA) is 371 Å². The van der Waals surface area contributed by atoms with Crippen molar-refractivity contribution in [3.8, 4) is 0 Å². The zero-order valence-corrected chi connectivity index (χ0v) is 33.6. The third kappa shape index (κ3) is 16.0. The Labute approximate surface area is 339 Å². The summed E-state index contributed by atoms with van der Waals surface area (Å²) in [5, 5.41) is 45.1. The van der Waals surface area contributed by atoms with Gasteiger partial charge < -0.3 is 68.9 Å². The molecule has 322 valence electrons. The van der Waals surface area contributed by atoms with Crippen LogP contribution < -0.4 is 48.7 Å². The molecule has 57 heavy (non-hydrogen) atoms. The van der Waals surface area contributed by atoms with Crippen molar-refractivity contribution in [3.05, 3.63) is 0 Å². The van der Waals surface area contributed by atoms with E-state index in [4.69, 9.17) is 16.6 Å². The molecule has 1 saturated heterocycles. The molecule has 0 aromatic carbocycles.